The van der Waals surface area contributed by atoms with Gasteiger partial charge in [0.1, 0.15) is 4.83 Å². The van der Waals surface area contributed by atoms with E-state index >= 15 is 0 Å². The number of carbonyl (C=O) groups is 1. The minimum atomic E-state index is -0.113. The number of allylic oxidation sites excluding steroid dienone is 1. The van der Waals surface area contributed by atoms with E-state index < -0.39 is 0 Å². The van der Waals surface area contributed by atoms with Gasteiger partial charge in [-0.1, -0.05) is 65.9 Å². The van der Waals surface area contributed by atoms with Crippen LogP contribution in [0.4, 0.5) is 5.69 Å². The molecule has 2 aromatic carbocycles. The highest BCUT2D eigenvalue weighted by molar-refractivity contribution is 7.99. The molecule has 0 bridgehead atoms. The first-order chi connectivity index (χ1) is 15.5. The van der Waals surface area contributed by atoms with Crippen LogP contribution in [0.3, 0.4) is 0 Å². The molecule has 0 fully saturated rings. The molecule has 162 valence electrons. The maximum absolute atomic E-state index is 13.4. The van der Waals surface area contributed by atoms with Crippen LogP contribution >= 0.6 is 23.1 Å². The lowest BCUT2D eigenvalue weighted by Crippen LogP contribution is -2.28. The summed E-state index contributed by atoms with van der Waals surface area (Å²) < 4.78 is 1.60. The number of amides is 1. The van der Waals surface area contributed by atoms with Gasteiger partial charge in [-0.3, -0.25) is 14.2 Å². The van der Waals surface area contributed by atoms with E-state index in [4.69, 9.17) is 4.98 Å². The molecule has 7 heteroatoms. The third-order valence-corrected chi connectivity index (χ3v) is 7.01. The molecule has 0 N–H and O–H groups in total. The number of fused-ring (bicyclic) bond motifs is 1. The van der Waals surface area contributed by atoms with Crippen molar-refractivity contribution < 1.29 is 4.79 Å². The fourth-order valence-corrected chi connectivity index (χ4v) is 5.28. The van der Waals surface area contributed by atoms with Crippen molar-refractivity contribution in [3.05, 3.63) is 88.5 Å². The van der Waals surface area contributed by atoms with Crippen molar-refractivity contribution in [2.45, 2.75) is 18.6 Å². The average molecular weight is 462 g/mol. The summed E-state index contributed by atoms with van der Waals surface area (Å²) in [5.41, 5.74) is 3.76. The van der Waals surface area contributed by atoms with E-state index in [2.05, 4.69) is 6.58 Å². The Morgan fingerprint density at radius 2 is 1.91 bits per heavy atom. The smallest absolute Gasteiger partial charge is 0.263 e. The minimum absolute atomic E-state index is 0.0628. The zero-order chi connectivity index (χ0) is 22.7. The molecule has 32 heavy (non-hydrogen) atoms. The maximum Gasteiger partial charge on any atom is 0.263 e. The molecule has 0 unspecified atom stereocenters. The van der Waals surface area contributed by atoms with Crippen molar-refractivity contribution >= 4 is 44.9 Å². The molecule has 0 saturated heterocycles. The number of benzene rings is 2. The molecule has 2 aromatic heterocycles. The molecule has 4 rings (SSSR count). The van der Waals surface area contributed by atoms with E-state index in [1.54, 1.807) is 22.6 Å². The lowest BCUT2D eigenvalue weighted by molar-refractivity contribution is -0.115. The molecule has 0 aliphatic carbocycles. The van der Waals surface area contributed by atoms with Gasteiger partial charge in [0.15, 0.2) is 5.16 Å². The van der Waals surface area contributed by atoms with Crippen LogP contribution < -0.4 is 10.5 Å². The molecule has 2 heterocycles. The van der Waals surface area contributed by atoms with Crippen LogP contribution in [0, 0.1) is 6.92 Å². The quantitative estimate of drug-likeness (QED) is 0.211. The fraction of sp³-hybridized carbons (Fsp3) is 0.160. The fourth-order valence-electron chi connectivity index (χ4n) is 3.37. The Labute approximate surface area is 195 Å². The molecule has 0 radical (unpaired) electrons. The number of para-hydroxylation sites is 1. The average Bonchev–Trinajstić information content (AvgIpc) is 3.24. The molecule has 0 aliphatic rings. The third-order valence-electron chi connectivity index (χ3n) is 5.18. The number of thiophene rings is 1. The Kier molecular flexibility index (Phi) is 6.58. The first kappa shape index (κ1) is 22.0. The first-order valence-electron chi connectivity index (χ1n) is 10.1. The summed E-state index contributed by atoms with van der Waals surface area (Å²) >= 11 is 2.72. The topological polar surface area (TPSA) is 55.2 Å². The molecule has 0 aliphatic heterocycles. The van der Waals surface area contributed by atoms with Gasteiger partial charge in [0.05, 0.1) is 11.1 Å². The normalized spacial score (nSPS) is 10.9. The van der Waals surface area contributed by atoms with Crippen LogP contribution in [0.5, 0.6) is 0 Å². The van der Waals surface area contributed by atoms with Crippen molar-refractivity contribution in [2.75, 3.05) is 17.7 Å². The molecule has 0 saturated carbocycles. The standard InChI is InChI=1S/C25H23N3O2S2/c1-4-14-28-24(30)22-20(18-12-10-17(2)11-13-18)15-31-23(22)26-25(28)32-16-21(29)27(3)19-8-6-5-7-9-19/h4-13,15H,1,14,16H2,2-3H3. The first-order valence-corrected chi connectivity index (χ1v) is 12.0. The van der Waals surface area contributed by atoms with Gasteiger partial charge in [-0.05, 0) is 24.6 Å². The number of thioether (sulfide) groups is 1. The molecular formula is C25H23N3O2S2. The van der Waals surface area contributed by atoms with E-state index in [9.17, 15) is 9.59 Å². The van der Waals surface area contributed by atoms with Gasteiger partial charge in [0, 0.05) is 30.2 Å². The number of rotatable bonds is 7. The highest BCUT2D eigenvalue weighted by atomic mass is 32.2. The molecular weight excluding hydrogens is 438 g/mol. The molecule has 5 nitrogen and oxygen atoms in total. The Bertz CT molecular complexity index is 1330. The van der Waals surface area contributed by atoms with Crippen LogP contribution in [0.1, 0.15) is 5.56 Å². The summed E-state index contributed by atoms with van der Waals surface area (Å²) in [6.45, 7) is 6.16. The Morgan fingerprint density at radius 1 is 1.19 bits per heavy atom. The van der Waals surface area contributed by atoms with E-state index in [0.29, 0.717) is 21.9 Å². The van der Waals surface area contributed by atoms with Crippen LogP contribution in [0.25, 0.3) is 21.3 Å². The summed E-state index contributed by atoms with van der Waals surface area (Å²) in [6, 6.07) is 17.6. The summed E-state index contributed by atoms with van der Waals surface area (Å²) in [7, 11) is 1.75. The van der Waals surface area contributed by atoms with E-state index in [1.807, 2.05) is 66.9 Å². The van der Waals surface area contributed by atoms with Gasteiger partial charge in [0.2, 0.25) is 5.91 Å². The highest BCUT2D eigenvalue weighted by Crippen LogP contribution is 2.32. The largest absolute Gasteiger partial charge is 0.315 e. The summed E-state index contributed by atoms with van der Waals surface area (Å²) in [5, 5.41) is 3.11. The third kappa shape index (κ3) is 4.40. The van der Waals surface area contributed by atoms with Gasteiger partial charge >= 0.3 is 0 Å². The number of aromatic nitrogens is 2. The van der Waals surface area contributed by atoms with Crippen molar-refractivity contribution in [1.29, 1.82) is 0 Å². The van der Waals surface area contributed by atoms with Gasteiger partial charge in [-0.25, -0.2) is 4.98 Å². The van der Waals surface area contributed by atoms with Crippen molar-refractivity contribution in [3.63, 3.8) is 0 Å². The number of hydrogen-bond donors (Lipinski definition) is 0. The lowest BCUT2D eigenvalue weighted by atomic mass is 10.1. The summed E-state index contributed by atoms with van der Waals surface area (Å²) in [4.78, 5) is 33.2. The van der Waals surface area contributed by atoms with Crippen LogP contribution in [-0.4, -0.2) is 28.3 Å². The zero-order valence-corrected chi connectivity index (χ0v) is 19.6. The van der Waals surface area contributed by atoms with Crippen molar-refractivity contribution in [2.24, 2.45) is 0 Å². The van der Waals surface area contributed by atoms with Crippen molar-refractivity contribution in [3.8, 4) is 11.1 Å². The number of hydrogen-bond acceptors (Lipinski definition) is 5. The second kappa shape index (κ2) is 9.54. The number of anilines is 1. The van der Waals surface area contributed by atoms with Crippen LogP contribution in [0.15, 0.2) is 82.6 Å². The van der Waals surface area contributed by atoms with E-state index in [-0.39, 0.29) is 17.2 Å². The number of aryl methyl sites for hydroxylation is 1. The van der Waals surface area contributed by atoms with Crippen LogP contribution in [-0.2, 0) is 11.3 Å². The Balaban J connectivity index is 1.67. The molecule has 1 amide bonds. The van der Waals surface area contributed by atoms with E-state index in [0.717, 1.165) is 16.8 Å². The second-order valence-electron chi connectivity index (χ2n) is 7.37. The van der Waals surface area contributed by atoms with Gasteiger partial charge < -0.3 is 4.90 Å². The second-order valence-corrected chi connectivity index (χ2v) is 9.17. The van der Waals surface area contributed by atoms with Crippen LogP contribution in [0.2, 0.25) is 0 Å². The number of carbonyl (C=O) groups excluding carboxylic acids is 1. The Morgan fingerprint density at radius 3 is 2.59 bits per heavy atom. The zero-order valence-electron chi connectivity index (χ0n) is 17.9. The van der Waals surface area contributed by atoms with Gasteiger partial charge in [-0.2, -0.15) is 0 Å². The SMILES string of the molecule is C=CCn1c(SCC(=O)N(C)c2ccccc2)nc2scc(-c3ccc(C)cc3)c2c1=O. The monoisotopic (exact) mass is 461 g/mol. The van der Waals surface area contributed by atoms with Gasteiger partial charge in [-0.15, -0.1) is 17.9 Å². The summed E-state index contributed by atoms with van der Waals surface area (Å²) in [5.74, 6) is 0.115. The maximum atomic E-state index is 13.4. The number of nitrogens with zero attached hydrogens (tertiary/aromatic N) is 3. The highest BCUT2D eigenvalue weighted by Gasteiger charge is 2.19. The summed E-state index contributed by atoms with van der Waals surface area (Å²) in [6.07, 6.45) is 1.68. The predicted molar refractivity (Wildman–Crippen MR) is 135 cm³/mol. The van der Waals surface area contributed by atoms with Crippen molar-refractivity contribution in [1.82, 2.24) is 9.55 Å². The van der Waals surface area contributed by atoms with E-state index in [1.165, 1.54) is 28.7 Å². The predicted octanol–water partition coefficient (Wildman–Crippen LogP) is 5.37. The molecule has 0 spiro atoms. The molecule has 4 aromatic rings. The lowest BCUT2D eigenvalue weighted by Gasteiger charge is -2.17. The molecule has 0 atom stereocenters. The Hall–Kier alpha value is -3.16. The van der Waals surface area contributed by atoms with Gasteiger partial charge in [0.25, 0.3) is 5.56 Å². The minimum Gasteiger partial charge on any atom is -0.315 e.